The van der Waals surface area contributed by atoms with E-state index < -0.39 is 15.9 Å². The third-order valence-electron chi connectivity index (χ3n) is 5.77. The van der Waals surface area contributed by atoms with Crippen LogP contribution < -0.4 is 14.5 Å². The summed E-state index contributed by atoms with van der Waals surface area (Å²) < 4.78 is 32.0. The van der Waals surface area contributed by atoms with Crippen LogP contribution >= 0.6 is 0 Å². The van der Waals surface area contributed by atoms with E-state index in [9.17, 15) is 13.2 Å². The monoisotopic (exact) mass is 527 g/mol. The lowest BCUT2D eigenvalue weighted by Gasteiger charge is -2.22. The van der Waals surface area contributed by atoms with E-state index in [1.54, 1.807) is 30.5 Å². The molecule has 0 bridgehead atoms. The maximum Gasteiger partial charge on any atom is 0.271 e. The molecule has 194 valence electrons. The fourth-order valence-corrected chi connectivity index (χ4v) is 4.55. The van der Waals surface area contributed by atoms with Crippen LogP contribution in [0.5, 0.6) is 5.75 Å². The zero-order chi connectivity index (χ0) is 27.0. The smallest absolute Gasteiger partial charge is 0.271 e. The number of hydrogen-bond donors (Lipinski definition) is 1. The van der Waals surface area contributed by atoms with E-state index in [0.717, 1.165) is 28.0 Å². The Morgan fingerprint density at radius 2 is 1.53 bits per heavy atom. The van der Waals surface area contributed by atoms with Crippen LogP contribution in [0, 0.1) is 6.92 Å². The Kier molecular flexibility index (Phi) is 8.55. The van der Waals surface area contributed by atoms with Gasteiger partial charge in [0.05, 0.1) is 24.7 Å². The van der Waals surface area contributed by atoms with Crippen molar-refractivity contribution in [3.63, 3.8) is 0 Å². The molecule has 0 spiro atoms. The first-order chi connectivity index (χ1) is 18.3. The summed E-state index contributed by atoms with van der Waals surface area (Å²) >= 11 is 0. The summed E-state index contributed by atoms with van der Waals surface area (Å²) in [6, 6.07) is 31.4. The first kappa shape index (κ1) is 26.6. The first-order valence-corrected chi connectivity index (χ1v) is 13.9. The largest absolute Gasteiger partial charge is 0.489 e. The third kappa shape index (κ3) is 7.54. The van der Waals surface area contributed by atoms with Gasteiger partial charge in [-0.15, -0.1) is 0 Å². The van der Waals surface area contributed by atoms with Crippen LogP contribution in [0.2, 0.25) is 0 Å². The summed E-state index contributed by atoms with van der Waals surface area (Å²) in [5, 5.41) is 4.03. The lowest BCUT2D eigenvalue weighted by Crippen LogP contribution is -2.29. The van der Waals surface area contributed by atoms with Crippen LogP contribution in [0.3, 0.4) is 0 Å². The summed E-state index contributed by atoms with van der Waals surface area (Å²) in [4.78, 5) is 12.5. The average molecular weight is 528 g/mol. The van der Waals surface area contributed by atoms with Crippen LogP contribution in [0.1, 0.15) is 32.6 Å². The fourth-order valence-electron chi connectivity index (χ4n) is 3.66. The van der Waals surface area contributed by atoms with Crippen LogP contribution in [-0.4, -0.2) is 26.8 Å². The van der Waals surface area contributed by atoms with E-state index in [1.807, 2.05) is 85.8 Å². The van der Waals surface area contributed by atoms with Crippen molar-refractivity contribution < 1.29 is 17.9 Å². The number of carbonyl (C=O) groups excluding carboxylic acids is 1. The Morgan fingerprint density at radius 1 is 0.868 bits per heavy atom. The lowest BCUT2D eigenvalue weighted by molar-refractivity contribution is 0.0955. The molecule has 1 N–H and O–H groups in total. The van der Waals surface area contributed by atoms with E-state index in [0.29, 0.717) is 17.9 Å². The number of amides is 1. The molecule has 0 aliphatic heterocycles. The van der Waals surface area contributed by atoms with E-state index in [4.69, 9.17) is 4.74 Å². The Bertz CT molecular complexity index is 1480. The molecular formula is C30H29N3O4S. The number of nitrogens with zero attached hydrogens (tertiary/aromatic N) is 2. The SMILES string of the molecule is Cc1ccc(CN(c2ccc(C(=O)N/N=C\c3ccc(OCc4ccccc4)cc3)cc2)S(C)(=O)=O)cc1. The summed E-state index contributed by atoms with van der Waals surface area (Å²) in [5.41, 5.74) is 7.19. The number of sulfonamides is 1. The predicted octanol–water partition coefficient (Wildman–Crippen LogP) is 5.30. The number of hydrogen-bond acceptors (Lipinski definition) is 5. The van der Waals surface area contributed by atoms with E-state index >= 15 is 0 Å². The number of rotatable bonds is 10. The van der Waals surface area contributed by atoms with Gasteiger partial charge in [-0.2, -0.15) is 5.10 Å². The van der Waals surface area contributed by atoms with Gasteiger partial charge in [-0.05, 0) is 72.1 Å². The number of hydrazone groups is 1. The molecule has 4 rings (SSSR count). The van der Waals surface area contributed by atoms with Gasteiger partial charge < -0.3 is 4.74 Å². The summed E-state index contributed by atoms with van der Waals surface area (Å²) in [6.45, 7) is 2.66. The van der Waals surface area contributed by atoms with E-state index in [-0.39, 0.29) is 6.54 Å². The molecule has 0 aliphatic carbocycles. The molecule has 0 saturated heterocycles. The van der Waals surface area contributed by atoms with Crippen molar-refractivity contribution in [1.29, 1.82) is 0 Å². The number of nitrogens with one attached hydrogen (secondary N) is 1. The van der Waals surface area contributed by atoms with Gasteiger partial charge in [0.1, 0.15) is 12.4 Å². The van der Waals surface area contributed by atoms with Crippen molar-refractivity contribution in [2.24, 2.45) is 5.10 Å². The molecule has 0 aromatic heterocycles. The predicted molar refractivity (Wildman–Crippen MR) is 151 cm³/mol. The normalized spacial score (nSPS) is 11.3. The number of aryl methyl sites for hydroxylation is 1. The number of anilines is 1. The van der Waals surface area contributed by atoms with E-state index in [1.165, 1.54) is 10.6 Å². The van der Waals surface area contributed by atoms with Gasteiger partial charge in [0.15, 0.2) is 0 Å². The molecule has 0 aliphatic rings. The van der Waals surface area contributed by atoms with Crippen molar-refractivity contribution in [2.75, 3.05) is 10.6 Å². The molecule has 0 unspecified atom stereocenters. The van der Waals surface area contributed by atoms with Gasteiger partial charge in [-0.1, -0.05) is 60.2 Å². The molecule has 4 aromatic carbocycles. The Morgan fingerprint density at radius 3 is 2.16 bits per heavy atom. The average Bonchev–Trinajstić information content (AvgIpc) is 2.92. The maximum absolute atomic E-state index is 12.5. The van der Waals surface area contributed by atoms with Gasteiger partial charge in [-0.3, -0.25) is 9.10 Å². The van der Waals surface area contributed by atoms with Gasteiger partial charge in [0.2, 0.25) is 10.0 Å². The van der Waals surface area contributed by atoms with Crippen molar-refractivity contribution >= 4 is 27.8 Å². The molecule has 0 fully saturated rings. The standard InChI is InChI=1S/C30H29N3O4S/c1-23-8-10-25(11-9-23)21-33(38(2,35)36)28-16-14-27(15-17-28)30(34)32-31-20-24-12-18-29(19-13-24)37-22-26-6-4-3-5-7-26/h3-20H,21-22H2,1-2H3,(H,32,34)/b31-20-. The van der Waals surface area contributed by atoms with Crippen LogP contribution in [-0.2, 0) is 23.2 Å². The molecule has 38 heavy (non-hydrogen) atoms. The van der Waals surface area contributed by atoms with Crippen molar-refractivity contribution in [3.8, 4) is 5.75 Å². The molecule has 0 heterocycles. The van der Waals surface area contributed by atoms with Crippen LogP contribution in [0.4, 0.5) is 5.69 Å². The Hall–Kier alpha value is -4.43. The van der Waals surface area contributed by atoms with Gasteiger partial charge >= 0.3 is 0 Å². The Balaban J connectivity index is 1.33. The quantitative estimate of drug-likeness (QED) is 0.224. The van der Waals surface area contributed by atoms with Crippen molar-refractivity contribution in [1.82, 2.24) is 5.43 Å². The molecular weight excluding hydrogens is 498 g/mol. The van der Waals surface area contributed by atoms with Crippen LogP contribution in [0.25, 0.3) is 0 Å². The highest BCUT2D eigenvalue weighted by atomic mass is 32.2. The zero-order valence-corrected chi connectivity index (χ0v) is 22.1. The van der Waals surface area contributed by atoms with Crippen LogP contribution in [0.15, 0.2) is 108 Å². The minimum absolute atomic E-state index is 0.199. The minimum Gasteiger partial charge on any atom is -0.489 e. The minimum atomic E-state index is -3.52. The number of carbonyl (C=O) groups is 1. The van der Waals surface area contributed by atoms with E-state index in [2.05, 4.69) is 10.5 Å². The second-order valence-electron chi connectivity index (χ2n) is 8.84. The number of benzene rings is 4. The highest BCUT2D eigenvalue weighted by Crippen LogP contribution is 2.21. The van der Waals surface area contributed by atoms with Gasteiger partial charge in [0, 0.05) is 5.56 Å². The van der Waals surface area contributed by atoms with Gasteiger partial charge in [0.25, 0.3) is 5.91 Å². The fraction of sp³-hybridized carbons (Fsp3) is 0.133. The maximum atomic E-state index is 12.5. The molecule has 1 amide bonds. The zero-order valence-electron chi connectivity index (χ0n) is 21.2. The molecule has 0 atom stereocenters. The first-order valence-electron chi connectivity index (χ1n) is 12.0. The Labute approximate surface area is 223 Å². The molecule has 8 heteroatoms. The molecule has 0 saturated carbocycles. The van der Waals surface area contributed by atoms with Gasteiger partial charge in [-0.25, -0.2) is 13.8 Å². The van der Waals surface area contributed by atoms with Crippen molar-refractivity contribution in [3.05, 3.63) is 131 Å². The topological polar surface area (TPSA) is 88.1 Å². The summed E-state index contributed by atoms with van der Waals surface area (Å²) in [5.74, 6) is 0.334. The summed E-state index contributed by atoms with van der Waals surface area (Å²) in [7, 11) is -3.52. The molecule has 0 radical (unpaired) electrons. The third-order valence-corrected chi connectivity index (χ3v) is 6.91. The van der Waals surface area contributed by atoms with Crippen molar-refractivity contribution in [2.45, 2.75) is 20.1 Å². The lowest BCUT2D eigenvalue weighted by atomic mass is 10.1. The molecule has 7 nitrogen and oxygen atoms in total. The second kappa shape index (κ2) is 12.2. The highest BCUT2D eigenvalue weighted by Gasteiger charge is 2.18. The second-order valence-corrected chi connectivity index (χ2v) is 10.8. The summed E-state index contributed by atoms with van der Waals surface area (Å²) in [6.07, 6.45) is 2.71. The highest BCUT2D eigenvalue weighted by molar-refractivity contribution is 7.92. The molecule has 4 aromatic rings. The number of ether oxygens (including phenoxy) is 1.